The Balaban J connectivity index is 1.23. The van der Waals surface area contributed by atoms with Gasteiger partial charge in [0.15, 0.2) is 5.75 Å². The Labute approximate surface area is 295 Å². The fraction of sp³-hybridized carbons (Fsp3) is 0.432. The summed E-state index contributed by atoms with van der Waals surface area (Å²) in [7, 11) is 0. The number of carbonyl (C=O) groups is 5. The molecule has 5 amide bonds. The van der Waals surface area contributed by atoms with Gasteiger partial charge < -0.3 is 29.8 Å². The normalized spacial score (nSPS) is 26.5. The van der Waals surface area contributed by atoms with Crippen molar-refractivity contribution in [1.82, 2.24) is 25.9 Å². The number of fused-ring (bicyclic) bond motifs is 3. The third-order valence-corrected chi connectivity index (χ3v) is 9.66. The number of amides is 5. The minimum Gasteiger partial charge on any atom is -0.444 e. The molecule has 13 nitrogen and oxygen atoms in total. The molecule has 14 heteroatoms. The fourth-order valence-electron chi connectivity index (χ4n) is 6.91. The van der Waals surface area contributed by atoms with Crippen molar-refractivity contribution in [1.29, 1.82) is 0 Å². The number of halogens is 1. The highest BCUT2D eigenvalue weighted by atomic mass is 19.1. The molecule has 6 rings (SSSR count). The number of allylic oxidation sites excluding steroid dienone is 2. The Hall–Kier alpha value is -5.40. The van der Waals surface area contributed by atoms with E-state index in [1.807, 2.05) is 18.2 Å². The molecule has 4 aliphatic rings. The highest BCUT2D eigenvalue weighted by Gasteiger charge is 2.61. The standard InChI is InChI=1S/C37H42FN5O8/c1-23(2)49-35(47)39-30-17-10-5-3-4-7-13-25-19-37(25,34(46)41-51-26-14-8-6-9-15-26)40-32(44)31-18-27(21-43(31)33(30)45)50-36(48)42-20-24-12-11-16-29(38)28(24)22-42/h6-9,11-16,25,27,30-31H,1,3-5,10,17-22H2,2H3,(H,39,47)(H,40,44)(H,41,46)/b13-7-/t25-,27+,30-,31-,37-/m0/s1. The van der Waals surface area contributed by atoms with Crippen molar-refractivity contribution in [3.8, 4) is 5.75 Å². The number of hydrogen-bond donors (Lipinski definition) is 3. The average Bonchev–Trinajstić information content (AvgIpc) is 3.39. The van der Waals surface area contributed by atoms with Gasteiger partial charge in [0, 0.05) is 24.4 Å². The number of hydrogen-bond acceptors (Lipinski definition) is 8. The van der Waals surface area contributed by atoms with Crippen molar-refractivity contribution in [2.24, 2.45) is 5.92 Å². The van der Waals surface area contributed by atoms with E-state index in [-0.39, 0.29) is 44.2 Å². The molecule has 1 aliphatic carbocycles. The predicted octanol–water partition coefficient (Wildman–Crippen LogP) is 4.38. The molecule has 5 atom stereocenters. The number of nitrogens with one attached hydrogen (secondary N) is 3. The Morgan fingerprint density at radius 2 is 1.84 bits per heavy atom. The molecule has 3 heterocycles. The van der Waals surface area contributed by atoms with E-state index in [2.05, 4.69) is 22.7 Å². The molecular weight excluding hydrogens is 661 g/mol. The van der Waals surface area contributed by atoms with E-state index in [1.165, 1.54) is 22.8 Å². The highest BCUT2D eigenvalue weighted by Crippen LogP contribution is 2.45. The van der Waals surface area contributed by atoms with Crippen LogP contribution in [0.2, 0.25) is 0 Å². The Kier molecular flexibility index (Phi) is 10.6. The topological polar surface area (TPSA) is 156 Å². The number of alkyl carbamates (subject to hydrolysis) is 1. The Morgan fingerprint density at radius 3 is 2.61 bits per heavy atom. The molecule has 1 saturated heterocycles. The summed E-state index contributed by atoms with van der Waals surface area (Å²) in [4.78, 5) is 76.1. The summed E-state index contributed by atoms with van der Waals surface area (Å²) in [5, 5.41) is 5.52. The lowest BCUT2D eigenvalue weighted by atomic mass is 10.1. The van der Waals surface area contributed by atoms with Crippen LogP contribution in [-0.4, -0.2) is 70.0 Å². The molecule has 2 aromatic rings. The average molecular weight is 704 g/mol. The van der Waals surface area contributed by atoms with Crippen molar-refractivity contribution in [2.45, 2.75) is 88.7 Å². The molecule has 51 heavy (non-hydrogen) atoms. The zero-order valence-corrected chi connectivity index (χ0v) is 28.4. The van der Waals surface area contributed by atoms with Crippen LogP contribution in [0.3, 0.4) is 0 Å². The number of carbonyl (C=O) groups excluding carboxylic acids is 5. The molecule has 0 bridgehead atoms. The largest absolute Gasteiger partial charge is 0.444 e. The van der Waals surface area contributed by atoms with Gasteiger partial charge >= 0.3 is 12.2 Å². The molecule has 0 unspecified atom stereocenters. The SMILES string of the molecule is C=C(C)OC(=O)N[C@H]1CCCCC/C=C\[C@H]2C[C@]2(C(=O)NOc2ccccc2)NC(=O)[C@@H]2C[C@@H](OC(=O)N3Cc4cccc(F)c4C3)CN2C1=O. The molecule has 2 aromatic carbocycles. The molecule has 3 N–H and O–H groups in total. The van der Waals surface area contributed by atoms with Gasteiger partial charge in [0.05, 0.1) is 18.8 Å². The lowest BCUT2D eigenvalue weighted by Crippen LogP contribution is -2.58. The molecule has 3 aliphatic heterocycles. The lowest BCUT2D eigenvalue weighted by Gasteiger charge is -2.29. The zero-order chi connectivity index (χ0) is 36.1. The van der Waals surface area contributed by atoms with Crippen molar-refractivity contribution in [3.63, 3.8) is 0 Å². The maximum atomic E-state index is 14.4. The number of para-hydroxylation sites is 1. The Bertz CT molecular complexity index is 1720. The molecule has 2 fully saturated rings. The fourth-order valence-corrected chi connectivity index (χ4v) is 6.91. The van der Waals surface area contributed by atoms with Gasteiger partial charge in [-0.1, -0.05) is 61.9 Å². The first-order valence-electron chi connectivity index (χ1n) is 17.2. The van der Waals surface area contributed by atoms with E-state index in [0.717, 1.165) is 19.3 Å². The van der Waals surface area contributed by atoms with Crippen LogP contribution in [0.4, 0.5) is 14.0 Å². The molecular formula is C37H42FN5O8. The van der Waals surface area contributed by atoms with Crippen LogP contribution in [0.15, 0.2) is 73.0 Å². The van der Waals surface area contributed by atoms with Crippen molar-refractivity contribution < 1.29 is 42.7 Å². The number of nitrogens with zero attached hydrogens (tertiary/aromatic N) is 2. The van der Waals surface area contributed by atoms with Crippen molar-refractivity contribution in [2.75, 3.05) is 6.54 Å². The molecule has 0 spiro atoms. The van der Waals surface area contributed by atoms with E-state index < -0.39 is 59.5 Å². The van der Waals surface area contributed by atoms with E-state index >= 15 is 0 Å². The van der Waals surface area contributed by atoms with Gasteiger partial charge in [0.1, 0.15) is 29.5 Å². The second-order valence-corrected chi connectivity index (χ2v) is 13.5. The monoisotopic (exact) mass is 703 g/mol. The van der Waals surface area contributed by atoms with Crippen LogP contribution in [0.1, 0.15) is 63.0 Å². The first kappa shape index (κ1) is 35.4. The summed E-state index contributed by atoms with van der Waals surface area (Å²) in [5.41, 5.74) is 2.20. The summed E-state index contributed by atoms with van der Waals surface area (Å²) in [5.74, 6) is -1.94. The third-order valence-electron chi connectivity index (χ3n) is 9.66. The van der Waals surface area contributed by atoms with Gasteiger partial charge in [-0.25, -0.2) is 14.0 Å². The van der Waals surface area contributed by atoms with Gasteiger partial charge in [0.2, 0.25) is 11.8 Å². The van der Waals surface area contributed by atoms with Crippen LogP contribution < -0.4 is 21.0 Å². The second-order valence-electron chi connectivity index (χ2n) is 13.5. The van der Waals surface area contributed by atoms with Crippen LogP contribution in [0.25, 0.3) is 0 Å². The summed E-state index contributed by atoms with van der Waals surface area (Å²) < 4.78 is 25.3. The predicted molar refractivity (Wildman–Crippen MR) is 181 cm³/mol. The number of hydroxylamine groups is 1. The number of benzene rings is 2. The summed E-state index contributed by atoms with van der Waals surface area (Å²) in [6, 6.07) is 11.1. The quantitative estimate of drug-likeness (QED) is 0.228. The summed E-state index contributed by atoms with van der Waals surface area (Å²) in [6.07, 6.45) is 4.80. The molecule has 270 valence electrons. The second kappa shape index (κ2) is 15.2. The van der Waals surface area contributed by atoms with Gasteiger partial charge in [-0.2, -0.15) is 5.48 Å². The third kappa shape index (κ3) is 8.16. The summed E-state index contributed by atoms with van der Waals surface area (Å²) in [6.45, 7) is 5.11. The molecule has 0 aromatic heterocycles. The van der Waals surface area contributed by atoms with Crippen LogP contribution in [-0.2, 0) is 36.9 Å². The zero-order valence-electron chi connectivity index (χ0n) is 28.4. The summed E-state index contributed by atoms with van der Waals surface area (Å²) >= 11 is 0. The van der Waals surface area contributed by atoms with E-state index in [1.54, 1.807) is 36.4 Å². The van der Waals surface area contributed by atoms with Crippen molar-refractivity contribution in [3.05, 3.63) is 90.0 Å². The van der Waals surface area contributed by atoms with Crippen LogP contribution in [0.5, 0.6) is 5.75 Å². The van der Waals surface area contributed by atoms with E-state index in [0.29, 0.717) is 29.7 Å². The first-order valence-corrected chi connectivity index (χ1v) is 17.2. The van der Waals surface area contributed by atoms with Gasteiger partial charge in [0.25, 0.3) is 5.91 Å². The highest BCUT2D eigenvalue weighted by molar-refractivity contribution is 5.98. The Morgan fingerprint density at radius 1 is 1.04 bits per heavy atom. The maximum absolute atomic E-state index is 14.4. The minimum atomic E-state index is -1.35. The lowest BCUT2D eigenvalue weighted by molar-refractivity contribution is -0.142. The minimum absolute atomic E-state index is 0.0224. The number of ether oxygens (including phenoxy) is 2. The first-order chi connectivity index (χ1) is 24.5. The smallest absolute Gasteiger partial charge is 0.412 e. The van der Waals surface area contributed by atoms with Crippen LogP contribution >= 0.6 is 0 Å². The van der Waals surface area contributed by atoms with Gasteiger partial charge in [-0.3, -0.25) is 19.3 Å². The van der Waals surface area contributed by atoms with Crippen molar-refractivity contribution >= 4 is 29.9 Å². The van der Waals surface area contributed by atoms with Gasteiger partial charge in [-0.05, 0) is 56.4 Å². The van der Waals surface area contributed by atoms with E-state index in [9.17, 15) is 28.4 Å². The molecule has 0 radical (unpaired) electrons. The number of rotatable bonds is 6. The van der Waals surface area contributed by atoms with Gasteiger partial charge in [-0.15, -0.1) is 0 Å². The maximum Gasteiger partial charge on any atom is 0.412 e. The van der Waals surface area contributed by atoms with E-state index in [4.69, 9.17) is 14.3 Å². The van der Waals surface area contributed by atoms with Crippen LogP contribution in [0, 0.1) is 11.7 Å². The molecule has 1 saturated carbocycles.